The fraction of sp³-hybridized carbons (Fsp3) is 0.200. The fourth-order valence-corrected chi connectivity index (χ4v) is 2.99. The Bertz CT molecular complexity index is 912. The predicted octanol–water partition coefficient (Wildman–Crippen LogP) is 3.65. The molecule has 0 amide bonds. The number of nitro groups is 1. The lowest BCUT2D eigenvalue weighted by Gasteiger charge is -2.11. The molecule has 2 aromatic rings. The van der Waals surface area contributed by atoms with Crippen molar-refractivity contribution in [3.63, 3.8) is 0 Å². The number of aryl methyl sites for hydroxylation is 1. The van der Waals surface area contributed by atoms with E-state index in [2.05, 4.69) is 9.46 Å². The molecule has 0 radical (unpaired) electrons. The summed E-state index contributed by atoms with van der Waals surface area (Å²) in [5.74, 6) is -0.620. The molecule has 0 atom stereocenters. The smallest absolute Gasteiger partial charge is 0.422 e. The molecule has 0 aromatic heterocycles. The lowest BCUT2D eigenvalue weighted by Crippen LogP contribution is -2.19. The summed E-state index contributed by atoms with van der Waals surface area (Å²) in [7, 11) is -4.01. The number of benzene rings is 2. The van der Waals surface area contributed by atoms with Crippen LogP contribution >= 0.6 is 0 Å². The molecule has 140 valence electrons. The number of nitro benzene ring substituents is 1. The molecule has 11 heteroatoms. The first-order valence-electron chi connectivity index (χ1n) is 7.05. The van der Waals surface area contributed by atoms with E-state index in [1.165, 1.54) is 12.1 Å². The molecule has 0 bridgehead atoms. The molecule has 26 heavy (non-hydrogen) atoms. The molecule has 2 rings (SSSR count). The molecular formula is C15H13F3N2O5S. The largest absolute Gasteiger partial charge is 0.477 e. The molecule has 0 aliphatic rings. The Kier molecular flexibility index (Phi) is 5.40. The van der Waals surface area contributed by atoms with E-state index in [1.54, 1.807) is 19.1 Å². The summed E-state index contributed by atoms with van der Waals surface area (Å²) in [4.78, 5) is 10.0. The van der Waals surface area contributed by atoms with Crippen LogP contribution in [0.2, 0.25) is 0 Å². The Morgan fingerprint density at radius 2 is 1.77 bits per heavy atom. The van der Waals surface area contributed by atoms with E-state index >= 15 is 0 Å². The summed E-state index contributed by atoms with van der Waals surface area (Å²) in [5.41, 5.74) is -0.138. The van der Waals surface area contributed by atoms with Crippen LogP contribution in [-0.4, -0.2) is 26.1 Å². The zero-order valence-electron chi connectivity index (χ0n) is 13.3. The summed E-state index contributed by atoms with van der Waals surface area (Å²) in [5, 5.41) is 11.0. The third kappa shape index (κ3) is 5.09. The maximum atomic E-state index is 12.3. The molecule has 0 fully saturated rings. The molecule has 0 saturated heterocycles. The zero-order chi connectivity index (χ0) is 19.5. The van der Waals surface area contributed by atoms with E-state index in [0.29, 0.717) is 0 Å². The van der Waals surface area contributed by atoms with Gasteiger partial charge in [-0.3, -0.25) is 14.8 Å². The van der Waals surface area contributed by atoms with Gasteiger partial charge in [-0.05, 0) is 31.2 Å². The second kappa shape index (κ2) is 7.20. The quantitative estimate of drug-likeness (QED) is 0.600. The second-order valence-electron chi connectivity index (χ2n) is 5.26. The summed E-state index contributed by atoms with van der Waals surface area (Å²) in [6.45, 7) is 0.0646. The number of anilines is 1. The fourth-order valence-electron chi connectivity index (χ4n) is 1.94. The van der Waals surface area contributed by atoms with Crippen LogP contribution in [0.1, 0.15) is 5.56 Å². The molecule has 0 spiro atoms. The van der Waals surface area contributed by atoms with Crippen molar-refractivity contribution in [2.75, 3.05) is 11.3 Å². The highest BCUT2D eigenvalue weighted by Gasteiger charge is 2.30. The number of hydrogen-bond donors (Lipinski definition) is 1. The average molecular weight is 390 g/mol. The van der Waals surface area contributed by atoms with E-state index < -0.39 is 39.2 Å². The number of sulfonamides is 1. The van der Waals surface area contributed by atoms with E-state index in [4.69, 9.17) is 0 Å². The minimum absolute atomic E-state index is 0.0665. The Morgan fingerprint density at radius 1 is 1.15 bits per heavy atom. The molecule has 0 aliphatic heterocycles. The van der Waals surface area contributed by atoms with Crippen LogP contribution in [0.3, 0.4) is 0 Å². The molecule has 2 aromatic carbocycles. The van der Waals surface area contributed by atoms with Gasteiger partial charge >= 0.3 is 11.9 Å². The molecule has 1 N–H and O–H groups in total. The van der Waals surface area contributed by atoms with Gasteiger partial charge in [-0.15, -0.1) is 0 Å². The SMILES string of the molecule is Cc1ccc(S(=O)(=O)Nc2ccc(OCC(F)(F)F)c([N+](=O)[O-])c2)cc1. The van der Waals surface area contributed by atoms with Gasteiger partial charge in [0.15, 0.2) is 12.4 Å². The Labute approximate surface area is 146 Å². The Hall–Kier alpha value is -2.82. The minimum Gasteiger partial charge on any atom is -0.477 e. The first kappa shape index (κ1) is 19.5. The number of ether oxygens (including phenoxy) is 1. The van der Waals surface area contributed by atoms with Gasteiger partial charge in [0.25, 0.3) is 10.0 Å². The third-order valence-corrected chi connectivity index (χ3v) is 4.53. The number of halogens is 3. The van der Waals surface area contributed by atoms with Crippen molar-refractivity contribution in [1.82, 2.24) is 0 Å². The lowest BCUT2D eigenvalue weighted by molar-refractivity contribution is -0.386. The number of nitrogens with one attached hydrogen (secondary N) is 1. The van der Waals surface area contributed by atoms with Crippen LogP contribution in [0.4, 0.5) is 24.5 Å². The Balaban J connectivity index is 2.29. The predicted molar refractivity (Wildman–Crippen MR) is 86.6 cm³/mol. The van der Waals surface area contributed by atoms with Crippen molar-refractivity contribution >= 4 is 21.4 Å². The molecule has 0 aliphatic carbocycles. The Morgan fingerprint density at radius 3 is 2.31 bits per heavy atom. The maximum absolute atomic E-state index is 12.3. The van der Waals surface area contributed by atoms with E-state index in [0.717, 1.165) is 23.8 Å². The molecule has 0 saturated carbocycles. The highest BCUT2D eigenvalue weighted by Crippen LogP contribution is 2.32. The van der Waals surface area contributed by atoms with Gasteiger partial charge in [0.2, 0.25) is 0 Å². The van der Waals surface area contributed by atoms with Gasteiger partial charge in [-0.2, -0.15) is 13.2 Å². The number of rotatable bonds is 6. The topological polar surface area (TPSA) is 98.5 Å². The van der Waals surface area contributed by atoms with Gasteiger partial charge in [-0.25, -0.2) is 8.42 Å². The number of nitrogens with zero attached hydrogens (tertiary/aromatic N) is 1. The highest BCUT2D eigenvalue weighted by molar-refractivity contribution is 7.92. The van der Waals surface area contributed by atoms with Gasteiger partial charge in [0.05, 0.1) is 15.5 Å². The standard InChI is InChI=1S/C15H13F3N2O5S/c1-10-2-5-12(6-3-10)26(23,24)19-11-4-7-14(13(8-11)20(21)22)25-9-15(16,17)18/h2-8,19H,9H2,1H3. The van der Waals surface area contributed by atoms with Crippen LogP contribution in [-0.2, 0) is 10.0 Å². The van der Waals surface area contributed by atoms with Crippen molar-refractivity contribution in [3.8, 4) is 5.75 Å². The molecule has 0 unspecified atom stereocenters. The average Bonchev–Trinajstić information content (AvgIpc) is 2.52. The van der Waals surface area contributed by atoms with E-state index in [-0.39, 0.29) is 10.6 Å². The molecular weight excluding hydrogens is 377 g/mol. The summed E-state index contributed by atoms with van der Waals surface area (Å²) in [6, 6.07) is 8.62. The van der Waals surface area contributed by atoms with E-state index in [9.17, 15) is 31.7 Å². The second-order valence-corrected chi connectivity index (χ2v) is 6.94. The van der Waals surface area contributed by atoms with Gasteiger partial charge in [-0.1, -0.05) is 17.7 Å². The van der Waals surface area contributed by atoms with Crippen molar-refractivity contribution in [1.29, 1.82) is 0 Å². The van der Waals surface area contributed by atoms with Gasteiger partial charge in [0.1, 0.15) is 0 Å². The van der Waals surface area contributed by atoms with Crippen LogP contribution in [0.25, 0.3) is 0 Å². The van der Waals surface area contributed by atoms with E-state index in [1.807, 2.05) is 0 Å². The third-order valence-electron chi connectivity index (χ3n) is 3.13. The number of alkyl halides is 3. The summed E-state index contributed by atoms with van der Waals surface area (Å²) in [6.07, 6.45) is -4.67. The number of hydrogen-bond acceptors (Lipinski definition) is 5. The first-order chi connectivity index (χ1) is 12.0. The van der Waals surface area contributed by atoms with Gasteiger partial charge < -0.3 is 4.74 Å². The first-order valence-corrected chi connectivity index (χ1v) is 8.54. The maximum Gasteiger partial charge on any atom is 0.422 e. The summed E-state index contributed by atoms with van der Waals surface area (Å²) < 4.78 is 67.7. The lowest BCUT2D eigenvalue weighted by atomic mass is 10.2. The van der Waals surface area contributed by atoms with Crippen LogP contribution < -0.4 is 9.46 Å². The summed E-state index contributed by atoms with van der Waals surface area (Å²) >= 11 is 0. The minimum atomic E-state index is -4.67. The molecule has 7 nitrogen and oxygen atoms in total. The van der Waals surface area contributed by atoms with Crippen molar-refractivity contribution < 1.29 is 31.2 Å². The van der Waals surface area contributed by atoms with Gasteiger partial charge in [0, 0.05) is 6.07 Å². The van der Waals surface area contributed by atoms with Crippen LogP contribution in [0.15, 0.2) is 47.4 Å². The van der Waals surface area contributed by atoms with Crippen molar-refractivity contribution in [2.24, 2.45) is 0 Å². The van der Waals surface area contributed by atoms with Crippen LogP contribution in [0.5, 0.6) is 5.75 Å². The monoisotopic (exact) mass is 390 g/mol. The highest BCUT2D eigenvalue weighted by atomic mass is 32.2. The zero-order valence-corrected chi connectivity index (χ0v) is 14.1. The normalized spacial score (nSPS) is 11.8. The van der Waals surface area contributed by atoms with Crippen molar-refractivity contribution in [2.45, 2.75) is 18.0 Å². The van der Waals surface area contributed by atoms with Crippen LogP contribution in [0, 0.1) is 17.0 Å². The van der Waals surface area contributed by atoms with Crippen molar-refractivity contribution in [3.05, 3.63) is 58.1 Å². The molecule has 0 heterocycles.